The molecule has 0 radical (unpaired) electrons. The van der Waals surface area contributed by atoms with E-state index in [9.17, 15) is 9.18 Å². The number of fused-ring (bicyclic) bond motifs is 1. The highest BCUT2D eigenvalue weighted by Crippen LogP contribution is 2.24. The topological polar surface area (TPSA) is 56.5 Å². The molecule has 0 amide bonds. The number of ether oxygens (including phenoxy) is 1. The molecule has 2 rings (SSSR count). The standard InChI is InChI=1S/C12H14FN3O2/c1-4-18-12(17)8-5-15-16-9(13)6-14-11(16)10(8)7(2)3/h5-7H,4H2,1-3H3. The zero-order valence-electron chi connectivity index (χ0n) is 10.5. The normalized spacial score (nSPS) is 11.2. The van der Waals surface area contributed by atoms with Crippen molar-refractivity contribution in [2.45, 2.75) is 26.7 Å². The first-order chi connectivity index (χ1) is 8.56. The fourth-order valence-electron chi connectivity index (χ4n) is 1.86. The highest BCUT2D eigenvalue weighted by Gasteiger charge is 2.21. The Morgan fingerprint density at radius 1 is 1.50 bits per heavy atom. The van der Waals surface area contributed by atoms with E-state index < -0.39 is 11.9 Å². The van der Waals surface area contributed by atoms with E-state index in [0.717, 1.165) is 10.7 Å². The summed E-state index contributed by atoms with van der Waals surface area (Å²) in [7, 11) is 0. The molecular formula is C12H14FN3O2. The molecule has 0 aromatic carbocycles. The number of nitrogens with zero attached hydrogens (tertiary/aromatic N) is 3. The number of hydrogen-bond acceptors (Lipinski definition) is 4. The van der Waals surface area contributed by atoms with Crippen LogP contribution in [-0.4, -0.2) is 27.2 Å². The smallest absolute Gasteiger partial charge is 0.340 e. The van der Waals surface area contributed by atoms with E-state index in [0.29, 0.717) is 16.8 Å². The van der Waals surface area contributed by atoms with Crippen molar-refractivity contribution >= 4 is 11.6 Å². The van der Waals surface area contributed by atoms with Gasteiger partial charge < -0.3 is 4.74 Å². The molecule has 96 valence electrons. The molecule has 0 aliphatic rings. The van der Waals surface area contributed by atoms with Crippen LogP contribution in [0.1, 0.15) is 42.6 Å². The second kappa shape index (κ2) is 4.72. The second-order valence-corrected chi connectivity index (χ2v) is 4.16. The van der Waals surface area contributed by atoms with E-state index in [4.69, 9.17) is 4.74 Å². The van der Waals surface area contributed by atoms with Crippen LogP contribution in [0.15, 0.2) is 12.4 Å². The summed E-state index contributed by atoms with van der Waals surface area (Å²) in [5, 5.41) is 3.87. The molecular weight excluding hydrogens is 237 g/mol. The van der Waals surface area contributed by atoms with Crippen LogP contribution in [0.3, 0.4) is 0 Å². The van der Waals surface area contributed by atoms with Gasteiger partial charge >= 0.3 is 5.97 Å². The van der Waals surface area contributed by atoms with Crippen molar-refractivity contribution in [1.82, 2.24) is 14.6 Å². The highest BCUT2D eigenvalue weighted by molar-refractivity contribution is 5.92. The second-order valence-electron chi connectivity index (χ2n) is 4.16. The Hall–Kier alpha value is -1.98. The van der Waals surface area contributed by atoms with Gasteiger partial charge in [-0.05, 0) is 12.8 Å². The molecule has 0 saturated heterocycles. The van der Waals surface area contributed by atoms with Crippen molar-refractivity contribution in [2.24, 2.45) is 0 Å². The predicted molar refractivity (Wildman–Crippen MR) is 63.0 cm³/mol. The van der Waals surface area contributed by atoms with Crippen molar-refractivity contribution in [2.75, 3.05) is 6.61 Å². The Morgan fingerprint density at radius 3 is 2.83 bits per heavy atom. The molecule has 0 fully saturated rings. The van der Waals surface area contributed by atoms with Crippen LogP contribution in [0.25, 0.3) is 5.65 Å². The summed E-state index contributed by atoms with van der Waals surface area (Å²) in [5.41, 5.74) is 1.34. The fourth-order valence-corrected chi connectivity index (χ4v) is 1.86. The maximum absolute atomic E-state index is 13.4. The average Bonchev–Trinajstić information content (AvgIpc) is 2.70. The monoisotopic (exact) mass is 251 g/mol. The van der Waals surface area contributed by atoms with Gasteiger partial charge in [0.2, 0.25) is 5.95 Å². The lowest BCUT2D eigenvalue weighted by atomic mass is 10.00. The summed E-state index contributed by atoms with van der Waals surface area (Å²) in [4.78, 5) is 15.8. The first kappa shape index (κ1) is 12.5. The summed E-state index contributed by atoms with van der Waals surface area (Å²) >= 11 is 0. The van der Waals surface area contributed by atoms with Gasteiger partial charge in [0.15, 0.2) is 5.65 Å². The van der Waals surface area contributed by atoms with E-state index in [2.05, 4.69) is 10.1 Å². The van der Waals surface area contributed by atoms with Crippen LogP contribution in [-0.2, 0) is 4.74 Å². The van der Waals surface area contributed by atoms with E-state index in [1.165, 1.54) is 6.20 Å². The number of carbonyl (C=O) groups excluding carboxylic acids is 1. The number of halogens is 1. The molecule has 18 heavy (non-hydrogen) atoms. The number of imidazole rings is 1. The zero-order valence-corrected chi connectivity index (χ0v) is 10.5. The molecule has 0 unspecified atom stereocenters. The Bertz CT molecular complexity index is 592. The third-order valence-electron chi connectivity index (χ3n) is 2.60. The molecule has 0 aliphatic carbocycles. The van der Waals surface area contributed by atoms with Crippen molar-refractivity contribution in [3.63, 3.8) is 0 Å². The summed E-state index contributed by atoms with van der Waals surface area (Å²) in [6.45, 7) is 5.83. The number of esters is 1. The number of rotatable bonds is 3. The molecule has 6 heteroatoms. The first-order valence-electron chi connectivity index (χ1n) is 5.75. The molecule has 0 saturated carbocycles. The third kappa shape index (κ3) is 1.94. The van der Waals surface area contributed by atoms with Crippen LogP contribution < -0.4 is 0 Å². The van der Waals surface area contributed by atoms with Gasteiger partial charge in [-0.25, -0.2) is 9.78 Å². The minimum atomic E-state index is -0.553. The molecule has 5 nitrogen and oxygen atoms in total. The van der Waals surface area contributed by atoms with Gasteiger partial charge in [-0.3, -0.25) is 0 Å². The SMILES string of the molecule is CCOC(=O)c1cnn2c(F)cnc2c1C(C)C. The van der Waals surface area contributed by atoms with E-state index in [1.807, 2.05) is 13.8 Å². The average molecular weight is 251 g/mol. The number of carbonyl (C=O) groups is 1. The summed E-state index contributed by atoms with van der Waals surface area (Å²) in [6.07, 6.45) is 2.41. The van der Waals surface area contributed by atoms with E-state index in [1.54, 1.807) is 6.92 Å². The summed E-state index contributed by atoms with van der Waals surface area (Å²) in [6, 6.07) is 0. The minimum absolute atomic E-state index is 0.0108. The molecule has 0 atom stereocenters. The van der Waals surface area contributed by atoms with Gasteiger partial charge in [0.25, 0.3) is 0 Å². The molecule has 0 spiro atoms. The summed E-state index contributed by atoms with van der Waals surface area (Å²) in [5.74, 6) is -1.00. The van der Waals surface area contributed by atoms with Gasteiger partial charge in [0.05, 0.1) is 24.6 Å². The van der Waals surface area contributed by atoms with Gasteiger partial charge in [-0.2, -0.15) is 14.0 Å². The van der Waals surface area contributed by atoms with Crippen molar-refractivity contribution in [3.8, 4) is 0 Å². The van der Waals surface area contributed by atoms with Crippen LogP contribution in [0.2, 0.25) is 0 Å². The maximum atomic E-state index is 13.4. The van der Waals surface area contributed by atoms with Crippen LogP contribution >= 0.6 is 0 Å². The molecule has 0 aliphatic heterocycles. The van der Waals surface area contributed by atoms with Crippen LogP contribution in [0.5, 0.6) is 0 Å². The Kier molecular flexibility index (Phi) is 3.27. The third-order valence-corrected chi connectivity index (χ3v) is 2.60. The zero-order chi connectivity index (χ0) is 13.3. The van der Waals surface area contributed by atoms with Gasteiger partial charge in [0, 0.05) is 5.56 Å². The minimum Gasteiger partial charge on any atom is -0.462 e. The highest BCUT2D eigenvalue weighted by atomic mass is 19.1. The van der Waals surface area contributed by atoms with Crippen molar-refractivity contribution < 1.29 is 13.9 Å². The Balaban J connectivity index is 2.67. The molecule has 0 bridgehead atoms. The lowest BCUT2D eigenvalue weighted by molar-refractivity contribution is 0.0524. The van der Waals surface area contributed by atoms with E-state index >= 15 is 0 Å². The molecule has 2 aromatic rings. The molecule has 2 heterocycles. The van der Waals surface area contributed by atoms with Crippen LogP contribution in [0.4, 0.5) is 4.39 Å². The van der Waals surface area contributed by atoms with Crippen molar-refractivity contribution in [1.29, 1.82) is 0 Å². The van der Waals surface area contributed by atoms with Crippen molar-refractivity contribution in [3.05, 3.63) is 29.5 Å². The first-order valence-corrected chi connectivity index (χ1v) is 5.75. The predicted octanol–water partition coefficient (Wildman–Crippen LogP) is 2.17. The molecule has 2 aromatic heterocycles. The van der Waals surface area contributed by atoms with Gasteiger partial charge in [0.1, 0.15) is 0 Å². The van der Waals surface area contributed by atoms with Gasteiger partial charge in [-0.1, -0.05) is 13.8 Å². The van der Waals surface area contributed by atoms with Gasteiger partial charge in [-0.15, -0.1) is 0 Å². The lowest BCUT2D eigenvalue weighted by Crippen LogP contribution is -2.13. The lowest BCUT2D eigenvalue weighted by Gasteiger charge is -2.12. The Labute approximate surface area is 104 Å². The largest absolute Gasteiger partial charge is 0.462 e. The fraction of sp³-hybridized carbons (Fsp3) is 0.417. The van der Waals surface area contributed by atoms with Crippen LogP contribution in [0, 0.1) is 5.95 Å². The molecule has 0 N–H and O–H groups in total. The number of aromatic nitrogens is 3. The quantitative estimate of drug-likeness (QED) is 0.784. The number of hydrogen-bond donors (Lipinski definition) is 0. The summed E-state index contributed by atoms with van der Waals surface area (Å²) < 4.78 is 19.4. The van der Waals surface area contributed by atoms with E-state index in [-0.39, 0.29) is 12.5 Å². The maximum Gasteiger partial charge on any atom is 0.340 e. The Morgan fingerprint density at radius 2 is 2.22 bits per heavy atom.